The SMILES string of the molecule is CCOC1CC(NCC2(CCO)CC2)C1(C)CC. The Morgan fingerprint density at radius 3 is 2.56 bits per heavy atom. The first-order chi connectivity index (χ1) is 8.60. The molecule has 18 heavy (non-hydrogen) atoms. The van der Waals surface area contributed by atoms with Crippen LogP contribution in [0.4, 0.5) is 0 Å². The van der Waals surface area contributed by atoms with E-state index in [2.05, 4.69) is 26.1 Å². The fourth-order valence-electron chi connectivity index (χ4n) is 3.34. The van der Waals surface area contributed by atoms with Gasteiger partial charge >= 0.3 is 0 Å². The van der Waals surface area contributed by atoms with Gasteiger partial charge in [0.25, 0.3) is 0 Å². The Bertz CT molecular complexity index is 278. The normalized spacial score (nSPS) is 37.3. The van der Waals surface area contributed by atoms with Crippen LogP contribution in [0.25, 0.3) is 0 Å². The second kappa shape index (κ2) is 5.48. The topological polar surface area (TPSA) is 41.5 Å². The predicted molar refractivity (Wildman–Crippen MR) is 73.6 cm³/mol. The maximum Gasteiger partial charge on any atom is 0.0658 e. The van der Waals surface area contributed by atoms with Crippen LogP contribution in [0.1, 0.15) is 52.9 Å². The Morgan fingerprint density at radius 1 is 1.33 bits per heavy atom. The number of hydrogen-bond acceptors (Lipinski definition) is 3. The predicted octanol–water partition coefficient (Wildman–Crippen LogP) is 2.33. The Balaban J connectivity index is 1.80. The van der Waals surface area contributed by atoms with Crippen LogP contribution in [0.15, 0.2) is 0 Å². The van der Waals surface area contributed by atoms with Gasteiger partial charge in [-0.1, -0.05) is 13.8 Å². The minimum absolute atomic E-state index is 0.297. The van der Waals surface area contributed by atoms with Gasteiger partial charge in [-0.2, -0.15) is 0 Å². The molecule has 2 aliphatic carbocycles. The van der Waals surface area contributed by atoms with Crippen LogP contribution in [-0.4, -0.2) is 37.0 Å². The van der Waals surface area contributed by atoms with E-state index in [1.54, 1.807) is 0 Å². The van der Waals surface area contributed by atoms with Gasteiger partial charge in [-0.3, -0.25) is 0 Å². The third kappa shape index (κ3) is 2.59. The fourth-order valence-corrected chi connectivity index (χ4v) is 3.34. The average Bonchev–Trinajstić information content (AvgIpc) is 3.12. The number of rotatable bonds is 8. The van der Waals surface area contributed by atoms with Crippen LogP contribution in [0, 0.1) is 10.8 Å². The molecular formula is C15H29NO2. The highest BCUT2D eigenvalue weighted by Gasteiger charge is 2.52. The van der Waals surface area contributed by atoms with Gasteiger partial charge in [-0.25, -0.2) is 0 Å². The molecule has 0 radical (unpaired) electrons. The molecule has 3 heteroatoms. The van der Waals surface area contributed by atoms with Crippen molar-refractivity contribution in [2.45, 2.75) is 65.0 Å². The molecule has 2 saturated carbocycles. The summed E-state index contributed by atoms with van der Waals surface area (Å²) in [5, 5.41) is 12.8. The number of nitrogens with one attached hydrogen (secondary N) is 1. The molecule has 106 valence electrons. The van der Waals surface area contributed by atoms with Crippen molar-refractivity contribution < 1.29 is 9.84 Å². The Hall–Kier alpha value is -0.120. The van der Waals surface area contributed by atoms with Gasteiger partial charge in [-0.15, -0.1) is 0 Å². The lowest BCUT2D eigenvalue weighted by molar-refractivity contribution is -0.126. The van der Waals surface area contributed by atoms with E-state index in [1.807, 2.05) is 0 Å². The second-order valence-electron chi connectivity index (χ2n) is 6.45. The van der Waals surface area contributed by atoms with Crippen molar-refractivity contribution in [2.75, 3.05) is 19.8 Å². The first-order valence-corrected chi connectivity index (χ1v) is 7.56. The molecule has 0 aromatic carbocycles. The van der Waals surface area contributed by atoms with E-state index < -0.39 is 0 Å². The molecule has 0 aromatic rings. The lowest BCUT2D eigenvalue weighted by Gasteiger charge is -2.54. The summed E-state index contributed by atoms with van der Waals surface area (Å²) in [6, 6.07) is 0.593. The summed E-state index contributed by atoms with van der Waals surface area (Å²) in [6.07, 6.45) is 6.27. The number of hydrogen-bond donors (Lipinski definition) is 2. The minimum Gasteiger partial charge on any atom is -0.396 e. The van der Waals surface area contributed by atoms with Crippen LogP contribution >= 0.6 is 0 Å². The zero-order valence-corrected chi connectivity index (χ0v) is 12.2. The summed E-state index contributed by atoms with van der Waals surface area (Å²) in [6.45, 7) is 8.92. The Labute approximate surface area is 111 Å². The van der Waals surface area contributed by atoms with E-state index in [4.69, 9.17) is 9.84 Å². The molecular weight excluding hydrogens is 226 g/mol. The average molecular weight is 255 g/mol. The minimum atomic E-state index is 0.297. The maximum atomic E-state index is 9.09. The molecule has 0 amide bonds. The van der Waals surface area contributed by atoms with E-state index in [9.17, 15) is 0 Å². The number of ether oxygens (including phenoxy) is 1. The van der Waals surface area contributed by atoms with Crippen molar-refractivity contribution >= 4 is 0 Å². The quantitative estimate of drug-likeness (QED) is 0.699. The largest absolute Gasteiger partial charge is 0.396 e. The van der Waals surface area contributed by atoms with Crippen molar-refractivity contribution in [1.29, 1.82) is 0 Å². The lowest BCUT2D eigenvalue weighted by Crippen LogP contribution is -2.62. The molecule has 3 unspecified atom stereocenters. The molecule has 0 heterocycles. The van der Waals surface area contributed by atoms with E-state index in [1.165, 1.54) is 19.3 Å². The van der Waals surface area contributed by atoms with Gasteiger partial charge < -0.3 is 15.2 Å². The standard InChI is InChI=1S/C15H29NO2/c1-4-14(3)12(10-13(14)18-5-2)16-11-15(6-7-15)8-9-17/h12-13,16-17H,4-11H2,1-3H3. The highest BCUT2D eigenvalue weighted by molar-refractivity contribution is 5.06. The van der Waals surface area contributed by atoms with Gasteiger partial charge in [0.05, 0.1) is 6.10 Å². The molecule has 2 N–H and O–H groups in total. The highest BCUT2D eigenvalue weighted by Crippen LogP contribution is 2.50. The number of aliphatic hydroxyl groups excluding tert-OH is 1. The van der Waals surface area contributed by atoms with Gasteiger partial charge in [0.15, 0.2) is 0 Å². The smallest absolute Gasteiger partial charge is 0.0658 e. The summed E-state index contributed by atoms with van der Waals surface area (Å²) in [5.74, 6) is 0. The van der Waals surface area contributed by atoms with Crippen LogP contribution in [0.3, 0.4) is 0 Å². The van der Waals surface area contributed by atoms with E-state index in [0.717, 1.165) is 26.0 Å². The van der Waals surface area contributed by atoms with Crippen molar-refractivity contribution in [1.82, 2.24) is 5.32 Å². The van der Waals surface area contributed by atoms with Gasteiger partial charge in [-0.05, 0) is 44.4 Å². The van der Waals surface area contributed by atoms with Crippen LogP contribution in [-0.2, 0) is 4.74 Å². The molecule has 0 saturated heterocycles. The lowest BCUT2D eigenvalue weighted by atomic mass is 9.61. The molecule has 2 fully saturated rings. The summed E-state index contributed by atoms with van der Waals surface area (Å²) in [7, 11) is 0. The molecule has 0 aliphatic heterocycles. The summed E-state index contributed by atoms with van der Waals surface area (Å²) < 4.78 is 5.83. The molecule has 0 aromatic heterocycles. The van der Waals surface area contributed by atoms with Crippen molar-refractivity contribution in [3.05, 3.63) is 0 Å². The first-order valence-electron chi connectivity index (χ1n) is 7.56. The monoisotopic (exact) mass is 255 g/mol. The molecule has 2 aliphatic rings. The fraction of sp³-hybridized carbons (Fsp3) is 1.00. The summed E-state index contributed by atoms with van der Waals surface area (Å²) in [4.78, 5) is 0. The van der Waals surface area contributed by atoms with Crippen LogP contribution in [0.2, 0.25) is 0 Å². The van der Waals surface area contributed by atoms with E-state index >= 15 is 0 Å². The van der Waals surface area contributed by atoms with Crippen LogP contribution < -0.4 is 5.32 Å². The summed E-state index contributed by atoms with van der Waals surface area (Å²) in [5.41, 5.74) is 0.714. The molecule has 2 rings (SSSR count). The second-order valence-corrected chi connectivity index (χ2v) is 6.45. The molecule has 3 nitrogen and oxygen atoms in total. The molecule has 0 spiro atoms. The van der Waals surface area contributed by atoms with E-state index in [0.29, 0.717) is 29.6 Å². The van der Waals surface area contributed by atoms with Gasteiger partial charge in [0.2, 0.25) is 0 Å². The summed E-state index contributed by atoms with van der Waals surface area (Å²) >= 11 is 0. The Kier molecular flexibility index (Phi) is 4.35. The zero-order valence-electron chi connectivity index (χ0n) is 12.2. The third-order valence-corrected chi connectivity index (χ3v) is 5.43. The van der Waals surface area contributed by atoms with Crippen molar-refractivity contribution in [2.24, 2.45) is 10.8 Å². The maximum absolute atomic E-state index is 9.09. The van der Waals surface area contributed by atoms with Gasteiger partial charge in [0.1, 0.15) is 0 Å². The highest BCUT2D eigenvalue weighted by atomic mass is 16.5. The first kappa shape index (κ1) is 14.3. The molecule has 3 atom stereocenters. The van der Waals surface area contributed by atoms with Crippen molar-refractivity contribution in [3.8, 4) is 0 Å². The van der Waals surface area contributed by atoms with Crippen LogP contribution in [0.5, 0.6) is 0 Å². The third-order valence-electron chi connectivity index (χ3n) is 5.43. The molecule has 0 bridgehead atoms. The van der Waals surface area contributed by atoms with E-state index in [-0.39, 0.29) is 0 Å². The number of aliphatic hydroxyl groups is 1. The Morgan fingerprint density at radius 2 is 2.06 bits per heavy atom. The van der Waals surface area contributed by atoms with Crippen molar-refractivity contribution in [3.63, 3.8) is 0 Å². The zero-order chi connectivity index (χ0) is 13.2. The van der Waals surface area contributed by atoms with Gasteiger partial charge in [0, 0.05) is 31.2 Å².